The minimum atomic E-state index is -0.122. The Morgan fingerprint density at radius 3 is 2.79 bits per heavy atom. The SMILES string of the molecule is Cc1cc(CN(C)C(=O)c2cnc3c(c2)ncn3CC(C)C)no1. The second-order valence-corrected chi connectivity index (χ2v) is 6.45. The molecule has 7 nitrogen and oxygen atoms in total. The molecule has 126 valence electrons. The van der Waals surface area contributed by atoms with E-state index in [0.29, 0.717) is 18.0 Å². The molecule has 3 rings (SSSR count). The zero-order valence-electron chi connectivity index (χ0n) is 14.4. The molecule has 0 fully saturated rings. The summed E-state index contributed by atoms with van der Waals surface area (Å²) in [4.78, 5) is 23.0. The van der Waals surface area contributed by atoms with Crippen LogP contribution in [-0.4, -0.2) is 37.5 Å². The highest BCUT2D eigenvalue weighted by Gasteiger charge is 2.16. The number of amides is 1. The molecule has 24 heavy (non-hydrogen) atoms. The highest BCUT2D eigenvalue weighted by atomic mass is 16.5. The largest absolute Gasteiger partial charge is 0.361 e. The minimum Gasteiger partial charge on any atom is -0.361 e. The van der Waals surface area contributed by atoms with E-state index in [1.54, 1.807) is 30.5 Å². The molecule has 0 aliphatic carbocycles. The van der Waals surface area contributed by atoms with Crippen molar-refractivity contribution < 1.29 is 9.32 Å². The molecule has 3 heterocycles. The van der Waals surface area contributed by atoms with Crippen LogP contribution in [0, 0.1) is 12.8 Å². The van der Waals surface area contributed by atoms with Crippen LogP contribution in [0.5, 0.6) is 0 Å². The van der Waals surface area contributed by atoms with E-state index in [0.717, 1.165) is 29.2 Å². The molecular formula is C17H21N5O2. The lowest BCUT2D eigenvalue weighted by atomic mass is 10.2. The summed E-state index contributed by atoms with van der Waals surface area (Å²) in [7, 11) is 1.73. The van der Waals surface area contributed by atoms with E-state index in [2.05, 4.69) is 29.0 Å². The molecule has 0 aliphatic heterocycles. The van der Waals surface area contributed by atoms with Crippen molar-refractivity contribution in [2.45, 2.75) is 33.9 Å². The molecule has 0 atom stereocenters. The van der Waals surface area contributed by atoms with Gasteiger partial charge < -0.3 is 14.0 Å². The molecule has 3 aromatic heterocycles. The summed E-state index contributed by atoms with van der Waals surface area (Å²) in [6.45, 7) is 7.34. The van der Waals surface area contributed by atoms with Gasteiger partial charge in [-0.1, -0.05) is 19.0 Å². The molecule has 0 radical (unpaired) electrons. The van der Waals surface area contributed by atoms with E-state index >= 15 is 0 Å². The molecule has 0 bridgehead atoms. The van der Waals surface area contributed by atoms with Gasteiger partial charge in [-0.2, -0.15) is 0 Å². The maximum absolute atomic E-state index is 12.6. The highest BCUT2D eigenvalue weighted by Crippen LogP contribution is 2.15. The molecule has 0 spiro atoms. The van der Waals surface area contributed by atoms with Crippen molar-refractivity contribution in [2.75, 3.05) is 7.05 Å². The predicted molar refractivity (Wildman–Crippen MR) is 89.4 cm³/mol. The van der Waals surface area contributed by atoms with E-state index < -0.39 is 0 Å². The number of rotatable bonds is 5. The Bertz CT molecular complexity index is 865. The lowest BCUT2D eigenvalue weighted by molar-refractivity contribution is 0.0782. The summed E-state index contributed by atoms with van der Waals surface area (Å²) in [6, 6.07) is 3.60. The fourth-order valence-electron chi connectivity index (χ4n) is 2.62. The quantitative estimate of drug-likeness (QED) is 0.720. The third kappa shape index (κ3) is 3.29. The Balaban J connectivity index is 1.79. The van der Waals surface area contributed by atoms with Gasteiger partial charge in [0.15, 0.2) is 5.65 Å². The average molecular weight is 327 g/mol. The van der Waals surface area contributed by atoms with Crippen LogP contribution in [0.3, 0.4) is 0 Å². The predicted octanol–water partition coefficient (Wildman–Crippen LogP) is 2.66. The number of carbonyl (C=O) groups excluding carboxylic acids is 1. The first-order valence-corrected chi connectivity index (χ1v) is 7.92. The van der Waals surface area contributed by atoms with Gasteiger partial charge in [0.2, 0.25) is 0 Å². The molecule has 0 saturated heterocycles. The third-order valence-electron chi connectivity index (χ3n) is 3.69. The second-order valence-electron chi connectivity index (χ2n) is 6.45. The smallest absolute Gasteiger partial charge is 0.255 e. The summed E-state index contributed by atoms with van der Waals surface area (Å²) >= 11 is 0. The van der Waals surface area contributed by atoms with E-state index in [4.69, 9.17) is 4.52 Å². The van der Waals surface area contributed by atoms with E-state index in [-0.39, 0.29) is 5.91 Å². The monoisotopic (exact) mass is 327 g/mol. The summed E-state index contributed by atoms with van der Waals surface area (Å²) in [6.07, 6.45) is 3.38. The molecule has 1 amide bonds. The van der Waals surface area contributed by atoms with Crippen molar-refractivity contribution in [3.05, 3.63) is 41.7 Å². The molecule has 0 saturated carbocycles. The Morgan fingerprint density at radius 2 is 2.12 bits per heavy atom. The van der Waals surface area contributed by atoms with Crippen LogP contribution in [0.2, 0.25) is 0 Å². The average Bonchev–Trinajstić information content (AvgIpc) is 3.12. The molecule has 0 N–H and O–H groups in total. The number of fused-ring (bicyclic) bond motifs is 1. The van der Waals surface area contributed by atoms with Gasteiger partial charge in [-0.15, -0.1) is 0 Å². The number of carbonyl (C=O) groups is 1. The normalized spacial score (nSPS) is 11.4. The van der Waals surface area contributed by atoms with Crippen LogP contribution >= 0.6 is 0 Å². The summed E-state index contributed by atoms with van der Waals surface area (Å²) in [5, 5.41) is 3.91. The maximum atomic E-state index is 12.6. The van der Waals surface area contributed by atoms with Crippen LogP contribution in [0.1, 0.15) is 35.7 Å². The van der Waals surface area contributed by atoms with Gasteiger partial charge in [0, 0.05) is 25.9 Å². The van der Waals surface area contributed by atoms with Crippen molar-refractivity contribution in [1.82, 2.24) is 24.6 Å². The summed E-state index contributed by atoms with van der Waals surface area (Å²) < 4.78 is 7.04. The molecule has 7 heteroatoms. The van der Waals surface area contributed by atoms with Crippen LogP contribution in [0.15, 0.2) is 29.2 Å². The summed E-state index contributed by atoms with van der Waals surface area (Å²) in [5.41, 5.74) is 2.76. The molecule has 3 aromatic rings. The maximum Gasteiger partial charge on any atom is 0.255 e. The van der Waals surface area contributed by atoms with Gasteiger partial charge in [-0.05, 0) is 18.9 Å². The lowest BCUT2D eigenvalue weighted by Crippen LogP contribution is -2.26. The fourth-order valence-corrected chi connectivity index (χ4v) is 2.62. The van der Waals surface area contributed by atoms with Gasteiger partial charge in [0.25, 0.3) is 5.91 Å². The first-order chi connectivity index (χ1) is 11.4. The zero-order valence-corrected chi connectivity index (χ0v) is 14.4. The lowest BCUT2D eigenvalue weighted by Gasteiger charge is -2.15. The van der Waals surface area contributed by atoms with Crippen molar-refractivity contribution in [3.63, 3.8) is 0 Å². The van der Waals surface area contributed by atoms with Crippen LogP contribution in [-0.2, 0) is 13.1 Å². The second kappa shape index (κ2) is 6.43. The number of hydrogen-bond donors (Lipinski definition) is 0. The first kappa shape index (κ1) is 16.2. The summed E-state index contributed by atoms with van der Waals surface area (Å²) in [5.74, 6) is 1.11. The van der Waals surface area contributed by atoms with Gasteiger partial charge >= 0.3 is 0 Å². The van der Waals surface area contributed by atoms with Gasteiger partial charge in [-0.3, -0.25) is 4.79 Å². The number of aryl methyl sites for hydroxylation is 1. The van der Waals surface area contributed by atoms with Gasteiger partial charge in [0.1, 0.15) is 17.0 Å². The van der Waals surface area contributed by atoms with Gasteiger partial charge in [-0.25, -0.2) is 9.97 Å². The number of aromatic nitrogens is 4. The third-order valence-corrected chi connectivity index (χ3v) is 3.69. The van der Waals surface area contributed by atoms with Crippen molar-refractivity contribution >= 4 is 17.1 Å². The molecular weight excluding hydrogens is 306 g/mol. The standard InChI is InChI=1S/C17H21N5O2/c1-11(2)8-22-10-19-15-6-13(7-18-16(15)22)17(23)21(4)9-14-5-12(3)24-20-14/h5-7,10-11H,8-9H2,1-4H3. The molecule has 0 unspecified atom stereocenters. The number of pyridine rings is 1. The Morgan fingerprint density at radius 1 is 1.33 bits per heavy atom. The van der Waals surface area contributed by atoms with Crippen LogP contribution in [0.4, 0.5) is 0 Å². The molecule has 0 aliphatic rings. The highest BCUT2D eigenvalue weighted by molar-refractivity contribution is 5.96. The van der Waals surface area contributed by atoms with Crippen LogP contribution in [0.25, 0.3) is 11.2 Å². The van der Waals surface area contributed by atoms with Crippen molar-refractivity contribution in [2.24, 2.45) is 5.92 Å². The number of imidazole rings is 1. The topological polar surface area (TPSA) is 77.1 Å². The molecule has 0 aromatic carbocycles. The zero-order chi connectivity index (χ0) is 17.3. The minimum absolute atomic E-state index is 0.122. The van der Waals surface area contributed by atoms with Crippen molar-refractivity contribution in [1.29, 1.82) is 0 Å². The first-order valence-electron chi connectivity index (χ1n) is 7.92. The Labute approximate surface area is 140 Å². The number of hydrogen-bond acceptors (Lipinski definition) is 5. The number of nitrogens with zero attached hydrogens (tertiary/aromatic N) is 5. The van der Waals surface area contributed by atoms with Crippen LogP contribution < -0.4 is 0 Å². The Hall–Kier alpha value is -2.70. The van der Waals surface area contributed by atoms with E-state index in [1.165, 1.54) is 0 Å². The fraction of sp³-hybridized carbons (Fsp3) is 0.412. The van der Waals surface area contributed by atoms with Crippen molar-refractivity contribution in [3.8, 4) is 0 Å². The Kier molecular flexibility index (Phi) is 4.33. The van der Waals surface area contributed by atoms with Gasteiger partial charge in [0.05, 0.1) is 18.4 Å². The van der Waals surface area contributed by atoms with E-state index in [1.807, 2.05) is 17.6 Å². The van der Waals surface area contributed by atoms with E-state index in [9.17, 15) is 4.79 Å².